The van der Waals surface area contributed by atoms with Gasteiger partial charge in [-0.2, -0.15) is 0 Å². The molecule has 1 N–H and O–H groups in total. The fraction of sp³-hybridized carbons (Fsp3) is 0.179. The number of methoxy groups -OCH3 is 1. The van der Waals surface area contributed by atoms with Crippen molar-refractivity contribution >= 4 is 23.0 Å². The van der Waals surface area contributed by atoms with Crippen molar-refractivity contribution in [2.24, 2.45) is 0 Å². The average molecular weight is 518 g/mol. The van der Waals surface area contributed by atoms with Gasteiger partial charge in [-0.1, -0.05) is 48.5 Å². The number of benzene rings is 2. The number of hydrogen-bond donors (Lipinski definition) is 1. The van der Waals surface area contributed by atoms with Crippen LogP contribution in [0, 0.1) is 6.92 Å². The average Bonchev–Trinajstić information content (AvgIpc) is 2.93. The summed E-state index contributed by atoms with van der Waals surface area (Å²) < 4.78 is 13.2. The lowest BCUT2D eigenvalue weighted by Gasteiger charge is -2.26. The predicted molar refractivity (Wildman–Crippen MR) is 146 cm³/mol. The molecule has 0 aliphatic rings. The third-order valence-electron chi connectivity index (χ3n) is 5.86. The van der Waals surface area contributed by atoms with E-state index in [2.05, 4.69) is 22.0 Å². The maximum Gasteiger partial charge on any atom is 0.253 e. The Morgan fingerprint density at radius 3 is 2.65 bits per heavy atom. The van der Waals surface area contributed by atoms with Gasteiger partial charge in [-0.25, -0.2) is 0 Å². The van der Waals surface area contributed by atoms with Crippen LogP contribution in [0.4, 0.5) is 11.4 Å². The zero-order valence-corrected chi connectivity index (χ0v) is 21.5. The summed E-state index contributed by atoms with van der Waals surface area (Å²) in [6.45, 7) is 6.60. The van der Waals surface area contributed by atoms with Crippen LogP contribution in [-0.2, 0) is 24.5 Å². The molecule has 0 aliphatic heterocycles. The van der Waals surface area contributed by atoms with Crippen LogP contribution < -0.4 is 20.7 Å². The molecule has 0 atom stereocenters. The molecule has 2 aromatic heterocycles. The van der Waals surface area contributed by atoms with Crippen molar-refractivity contribution in [3.05, 3.63) is 124 Å². The second kappa shape index (κ2) is 12.2. The van der Waals surface area contributed by atoms with Gasteiger partial charge in [0.25, 0.3) is 5.56 Å². The zero-order chi connectivity index (χ0) is 26.2. The number of aromatic nitrogens is 3. The molecule has 0 radical (unpaired) electrons. The lowest BCUT2D eigenvalue weighted by molar-refractivity contribution is 0.101. The third kappa shape index (κ3) is 6.17. The molecule has 0 bridgehead atoms. The first kappa shape index (κ1) is 25.9. The molecule has 0 aliphatic carbocycles. The topological polar surface area (TPSA) is 81.5 Å². The Labute approximate surface area is 220 Å². The summed E-state index contributed by atoms with van der Waals surface area (Å²) in [5.41, 5.74) is 7.53. The highest BCUT2D eigenvalue weighted by atomic mass is 35.5. The van der Waals surface area contributed by atoms with Crippen LogP contribution >= 0.6 is 11.6 Å². The summed E-state index contributed by atoms with van der Waals surface area (Å²) in [4.78, 5) is 21.8. The number of para-hydroxylation sites is 2. The first-order chi connectivity index (χ1) is 18.0. The van der Waals surface area contributed by atoms with Gasteiger partial charge in [0.15, 0.2) is 0 Å². The van der Waals surface area contributed by atoms with E-state index in [0.717, 1.165) is 16.8 Å². The Morgan fingerprint density at radius 1 is 1.14 bits per heavy atom. The molecule has 0 fully saturated rings. The molecule has 9 heteroatoms. The van der Waals surface area contributed by atoms with Crippen molar-refractivity contribution in [3.8, 4) is 5.75 Å². The Balaban J connectivity index is 1.68. The van der Waals surface area contributed by atoms with E-state index in [4.69, 9.17) is 21.1 Å². The summed E-state index contributed by atoms with van der Waals surface area (Å²) in [7, 11) is 1.60. The van der Waals surface area contributed by atoms with Gasteiger partial charge in [0, 0.05) is 29.7 Å². The summed E-state index contributed by atoms with van der Waals surface area (Å²) in [5, 5.41) is 2.34. The highest BCUT2D eigenvalue weighted by Gasteiger charge is 2.17. The maximum atomic E-state index is 13.4. The Kier molecular flexibility index (Phi) is 8.56. The number of pyridine rings is 1. The van der Waals surface area contributed by atoms with Gasteiger partial charge in [0.1, 0.15) is 11.4 Å². The van der Waals surface area contributed by atoms with Gasteiger partial charge in [0.2, 0.25) is 0 Å². The normalized spacial score (nSPS) is 10.7. The lowest BCUT2D eigenvalue weighted by atomic mass is 10.1. The van der Waals surface area contributed by atoms with E-state index in [1.165, 1.54) is 0 Å². The fourth-order valence-electron chi connectivity index (χ4n) is 3.89. The second-order valence-electron chi connectivity index (χ2n) is 8.17. The van der Waals surface area contributed by atoms with Crippen molar-refractivity contribution in [2.75, 3.05) is 17.5 Å². The number of hydrazine groups is 1. The SMILES string of the molecule is C=CN(Nc1cc(=O)n(Cc2cnccn2)c(COCc2ccccc2Cl)c1C)c1ccccc1OC. The van der Waals surface area contributed by atoms with Crippen LogP contribution in [0.3, 0.4) is 0 Å². The number of ether oxygens (including phenoxy) is 2. The molecule has 0 saturated heterocycles. The van der Waals surface area contributed by atoms with Gasteiger partial charge in [-0.15, -0.1) is 0 Å². The van der Waals surface area contributed by atoms with E-state index in [-0.39, 0.29) is 18.7 Å². The summed E-state index contributed by atoms with van der Waals surface area (Å²) in [6, 6.07) is 16.6. The fourth-order valence-corrected chi connectivity index (χ4v) is 4.08. The lowest BCUT2D eigenvalue weighted by Crippen LogP contribution is -2.30. The number of anilines is 2. The van der Waals surface area contributed by atoms with E-state index in [0.29, 0.717) is 34.5 Å². The highest BCUT2D eigenvalue weighted by molar-refractivity contribution is 6.31. The van der Waals surface area contributed by atoms with Crippen LogP contribution in [0.1, 0.15) is 22.5 Å². The van der Waals surface area contributed by atoms with E-state index < -0.39 is 0 Å². The summed E-state index contributed by atoms with van der Waals surface area (Å²) in [5.74, 6) is 0.659. The Morgan fingerprint density at radius 2 is 1.92 bits per heavy atom. The van der Waals surface area contributed by atoms with Gasteiger partial charge in [-0.3, -0.25) is 25.2 Å². The molecule has 2 aromatic carbocycles. The molecule has 37 heavy (non-hydrogen) atoms. The minimum Gasteiger partial charge on any atom is -0.494 e. The first-order valence-electron chi connectivity index (χ1n) is 11.6. The van der Waals surface area contributed by atoms with Crippen molar-refractivity contribution < 1.29 is 9.47 Å². The van der Waals surface area contributed by atoms with Gasteiger partial charge < -0.3 is 14.0 Å². The largest absolute Gasteiger partial charge is 0.494 e. The van der Waals surface area contributed by atoms with E-state index in [9.17, 15) is 4.79 Å². The molecule has 0 spiro atoms. The molecule has 2 heterocycles. The van der Waals surface area contributed by atoms with Gasteiger partial charge >= 0.3 is 0 Å². The maximum absolute atomic E-state index is 13.4. The molecule has 4 rings (SSSR count). The molecule has 8 nitrogen and oxygen atoms in total. The summed E-state index contributed by atoms with van der Waals surface area (Å²) in [6.07, 6.45) is 6.46. The predicted octanol–water partition coefficient (Wildman–Crippen LogP) is 5.35. The van der Waals surface area contributed by atoms with Crippen molar-refractivity contribution in [3.63, 3.8) is 0 Å². The molecule has 0 saturated carbocycles. The van der Waals surface area contributed by atoms with Crippen LogP contribution in [0.15, 0.2) is 90.8 Å². The molecular weight excluding hydrogens is 490 g/mol. The van der Waals surface area contributed by atoms with E-state index in [1.54, 1.807) is 47.5 Å². The Bertz CT molecular complexity index is 1430. The van der Waals surface area contributed by atoms with E-state index in [1.807, 2.05) is 55.5 Å². The van der Waals surface area contributed by atoms with Crippen LogP contribution in [0.2, 0.25) is 5.02 Å². The number of hydrogen-bond acceptors (Lipinski definition) is 7. The second-order valence-corrected chi connectivity index (χ2v) is 8.58. The number of nitrogens with zero attached hydrogens (tertiary/aromatic N) is 4. The summed E-state index contributed by atoms with van der Waals surface area (Å²) >= 11 is 6.30. The zero-order valence-electron chi connectivity index (χ0n) is 20.7. The minimum absolute atomic E-state index is 0.185. The molecule has 4 aromatic rings. The van der Waals surface area contributed by atoms with Gasteiger partial charge in [0.05, 0.1) is 50.1 Å². The third-order valence-corrected chi connectivity index (χ3v) is 6.22. The van der Waals surface area contributed by atoms with Gasteiger partial charge in [-0.05, 0) is 36.2 Å². The van der Waals surface area contributed by atoms with Crippen molar-refractivity contribution in [2.45, 2.75) is 26.7 Å². The number of nitrogens with one attached hydrogen (secondary N) is 1. The standard InChI is InChI=1S/C28H28ClN5O3/c1-4-34(25-11-7-8-12-27(25)36-3)32-24-15-28(35)33(17-22-16-30-13-14-31-22)26(20(24)2)19-37-18-21-9-5-6-10-23(21)29/h4-16,32H,1,17-19H2,2-3H3. The Hall–Kier alpha value is -4.14. The van der Waals surface area contributed by atoms with Crippen LogP contribution in [-0.4, -0.2) is 21.6 Å². The van der Waals surface area contributed by atoms with Crippen molar-refractivity contribution in [1.82, 2.24) is 14.5 Å². The highest BCUT2D eigenvalue weighted by Crippen LogP contribution is 2.29. The molecular formula is C28H28ClN5O3. The quantitative estimate of drug-likeness (QED) is 0.268. The molecule has 0 amide bonds. The minimum atomic E-state index is -0.209. The first-order valence-corrected chi connectivity index (χ1v) is 12.0. The smallest absolute Gasteiger partial charge is 0.253 e. The van der Waals surface area contributed by atoms with Crippen LogP contribution in [0.25, 0.3) is 0 Å². The number of rotatable bonds is 11. The molecule has 0 unspecified atom stereocenters. The monoisotopic (exact) mass is 517 g/mol. The molecule has 190 valence electrons. The van der Waals surface area contributed by atoms with Crippen LogP contribution in [0.5, 0.6) is 5.75 Å². The van der Waals surface area contributed by atoms with E-state index >= 15 is 0 Å². The number of halogens is 1. The van der Waals surface area contributed by atoms with Crippen molar-refractivity contribution in [1.29, 1.82) is 0 Å².